The Morgan fingerprint density at radius 2 is 1.84 bits per heavy atom. The molecule has 0 saturated heterocycles. The van der Waals surface area contributed by atoms with Crippen molar-refractivity contribution in [1.82, 2.24) is 14.9 Å². The van der Waals surface area contributed by atoms with Gasteiger partial charge in [0.25, 0.3) is 0 Å². The first kappa shape index (κ1) is 13.6. The Morgan fingerprint density at radius 1 is 1.11 bits per heavy atom. The van der Waals surface area contributed by atoms with Crippen LogP contribution in [0, 0.1) is 0 Å². The van der Waals surface area contributed by atoms with E-state index < -0.39 is 0 Å². The van der Waals surface area contributed by atoms with Crippen molar-refractivity contribution in [2.75, 3.05) is 20.7 Å². The van der Waals surface area contributed by atoms with E-state index in [-0.39, 0.29) is 6.23 Å². The summed E-state index contributed by atoms with van der Waals surface area (Å²) < 4.78 is 5.53. The lowest BCUT2D eigenvalue weighted by Crippen LogP contribution is -2.28. The summed E-state index contributed by atoms with van der Waals surface area (Å²) in [7, 11) is 3.74. The van der Waals surface area contributed by atoms with Crippen LogP contribution in [0.5, 0.6) is 0 Å². The van der Waals surface area contributed by atoms with Gasteiger partial charge in [-0.05, 0) is 31.3 Å². The van der Waals surface area contributed by atoms with Gasteiger partial charge in [0.1, 0.15) is 0 Å². The number of methoxy groups -OCH3 is 1. The summed E-state index contributed by atoms with van der Waals surface area (Å²) in [5, 5.41) is 0. The normalized spacial score (nSPS) is 12.6. The number of aromatic nitrogens is 2. The maximum Gasteiger partial charge on any atom is 0.153 e. The Balaban J connectivity index is 1.96. The topological polar surface area (TPSA) is 38.2 Å². The van der Waals surface area contributed by atoms with Gasteiger partial charge in [-0.1, -0.05) is 12.1 Å². The zero-order valence-electron chi connectivity index (χ0n) is 11.4. The molecule has 0 spiro atoms. The zero-order chi connectivity index (χ0) is 13.5. The molecule has 2 aromatic rings. The second-order valence-electron chi connectivity index (χ2n) is 4.39. The molecule has 4 nitrogen and oxygen atoms in total. The highest BCUT2D eigenvalue weighted by molar-refractivity contribution is 5.07. The fourth-order valence-electron chi connectivity index (χ4n) is 2.00. The average Bonchev–Trinajstić information content (AvgIpc) is 2.48. The minimum Gasteiger partial charge on any atom is -0.360 e. The van der Waals surface area contributed by atoms with Crippen LogP contribution in [-0.4, -0.2) is 35.6 Å². The summed E-state index contributed by atoms with van der Waals surface area (Å²) in [6.45, 7) is 0.867. The summed E-state index contributed by atoms with van der Waals surface area (Å²) >= 11 is 0. The molecule has 4 heteroatoms. The average molecular weight is 257 g/mol. The van der Waals surface area contributed by atoms with Gasteiger partial charge in [-0.3, -0.25) is 14.9 Å². The first-order valence-corrected chi connectivity index (χ1v) is 6.35. The van der Waals surface area contributed by atoms with Gasteiger partial charge < -0.3 is 4.74 Å². The molecule has 0 N–H and O–H groups in total. The summed E-state index contributed by atoms with van der Waals surface area (Å²) in [4.78, 5) is 10.8. The maximum absolute atomic E-state index is 5.53. The van der Waals surface area contributed by atoms with Gasteiger partial charge in [0, 0.05) is 38.2 Å². The number of hydrogen-bond donors (Lipinski definition) is 0. The molecular formula is C15H19N3O. The molecule has 0 amide bonds. The van der Waals surface area contributed by atoms with Crippen LogP contribution in [0.25, 0.3) is 0 Å². The predicted octanol–water partition coefficient (Wildman–Crippen LogP) is 2.30. The van der Waals surface area contributed by atoms with Gasteiger partial charge in [0.05, 0.1) is 5.69 Å². The third-order valence-electron chi connectivity index (χ3n) is 3.01. The molecule has 0 aromatic carbocycles. The standard InChI is InChI=1S/C15H19N3O/c1-18(12-9-13-7-3-5-10-16-13)15(19-2)14-8-4-6-11-17-14/h3-8,10-11,15H,9,12H2,1-2H3/t15-/m0/s1. The van der Waals surface area contributed by atoms with Crippen molar-refractivity contribution in [2.24, 2.45) is 0 Å². The number of rotatable bonds is 6. The van der Waals surface area contributed by atoms with Crippen molar-refractivity contribution < 1.29 is 4.74 Å². The van der Waals surface area contributed by atoms with Crippen LogP contribution < -0.4 is 0 Å². The van der Waals surface area contributed by atoms with E-state index in [9.17, 15) is 0 Å². The zero-order valence-corrected chi connectivity index (χ0v) is 11.4. The lowest BCUT2D eigenvalue weighted by molar-refractivity contribution is -0.0224. The van der Waals surface area contributed by atoms with Crippen LogP contribution in [-0.2, 0) is 11.2 Å². The molecule has 0 aliphatic carbocycles. The van der Waals surface area contributed by atoms with Gasteiger partial charge in [-0.2, -0.15) is 0 Å². The summed E-state index contributed by atoms with van der Waals surface area (Å²) in [5.41, 5.74) is 2.01. The predicted molar refractivity (Wildman–Crippen MR) is 74.6 cm³/mol. The molecule has 19 heavy (non-hydrogen) atoms. The monoisotopic (exact) mass is 257 g/mol. The number of ether oxygens (including phenoxy) is 1. The van der Waals surface area contributed by atoms with Crippen molar-refractivity contribution in [3.05, 3.63) is 60.2 Å². The van der Waals surface area contributed by atoms with Crippen molar-refractivity contribution in [1.29, 1.82) is 0 Å². The SMILES string of the molecule is CO[C@@H](c1ccccn1)N(C)CCc1ccccn1. The number of likely N-dealkylation sites (N-methyl/N-ethyl adjacent to an activating group) is 1. The third-order valence-corrected chi connectivity index (χ3v) is 3.01. The fraction of sp³-hybridized carbons (Fsp3) is 0.333. The van der Waals surface area contributed by atoms with Crippen molar-refractivity contribution in [3.8, 4) is 0 Å². The molecule has 0 bridgehead atoms. The Kier molecular flexibility index (Phi) is 5.01. The molecule has 0 aliphatic heterocycles. The highest BCUT2D eigenvalue weighted by Gasteiger charge is 2.16. The second kappa shape index (κ2) is 6.97. The first-order chi connectivity index (χ1) is 9.31. The van der Waals surface area contributed by atoms with Crippen LogP contribution in [0.4, 0.5) is 0 Å². The first-order valence-electron chi connectivity index (χ1n) is 6.35. The Bertz CT molecular complexity index is 475. The highest BCUT2D eigenvalue weighted by Crippen LogP contribution is 2.17. The van der Waals surface area contributed by atoms with E-state index in [1.807, 2.05) is 49.6 Å². The number of nitrogens with zero attached hydrogens (tertiary/aromatic N) is 3. The van der Waals surface area contributed by atoms with Crippen LogP contribution in [0.2, 0.25) is 0 Å². The summed E-state index contributed by atoms with van der Waals surface area (Å²) in [5.74, 6) is 0. The van der Waals surface area contributed by atoms with Gasteiger partial charge in [0.2, 0.25) is 0 Å². The van der Waals surface area contributed by atoms with Gasteiger partial charge >= 0.3 is 0 Å². The molecule has 0 radical (unpaired) electrons. The highest BCUT2D eigenvalue weighted by atomic mass is 16.5. The van der Waals surface area contributed by atoms with Crippen molar-refractivity contribution >= 4 is 0 Å². The lowest BCUT2D eigenvalue weighted by atomic mass is 10.2. The van der Waals surface area contributed by atoms with E-state index >= 15 is 0 Å². The maximum atomic E-state index is 5.53. The van der Waals surface area contributed by atoms with Crippen LogP contribution in [0.15, 0.2) is 48.8 Å². The largest absolute Gasteiger partial charge is 0.360 e. The molecule has 0 fully saturated rings. The molecular weight excluding hydrogens is 238 g/mol. The van der Waals surface area contributed by atoms with Crippen molar-refractivity contribution in [2.45, 2.75) is 12.6 Å². The smallest absolute Gasteiger partial charge is 0.153 e. The van der Waals surface area contributed by atoms with E-state index in [1.165, 1.54) is 0 Å². The number of pyridine rings is 2. The van der Waals surface area contributed by atoms with Gasteiger partial charge in [-0.15, -0.1) is 0 Å². The van der Waals surface area contributed by atoms with Crippen molar-refractivity contribution in [3.63, 3.8) is 0 Å². The quantitative estimate of drug-likeness (QED) is 0.744. The molecule has 0 saturated carbocycles. The van der Waals surface area contributed by atoms with E-state index in [0.717, 1.165) is 24.4 Å². The van der Waals surface area contributed by atoms with Gasteiger partial charge in [-0.25, -0.2) is 0 Å². The molecule has 1 atom stereocenters. The van der Waals surface area contributed by atoms with E-state index in [1.54, 1.807) is 13.3 Å². The van der Waals surface area contributed by atoms with Crippen LogP contribution in [0.1, 0.15) is 17.6 Å². The Labute approximate surface area is 114 Å². The molecule has 2 rings (SSSR count). The van der Waals surface area contributed by atoms with E-state index in [0.29, 0.717) is 0 Å². The third kappa shape index (κ3) is 3.84. The minimum atomic E-state index is -0.120. The van der Waals surface area contributed by atoms with E-state index in [2.05, 4.69) is 14.9 Å². The summed E-state index contributed by atoms with van der Waals surface area (Å²) in [6.07, 6.45) is 4.38. The van der Waals surface area contributed by atoms with Crippen LogP contribution in [0.3, 0.4) is 0 Å². The Hall–Kier alpha value is -1.78. The summed E-state index contributed by atoms with van der Waals surface area (Å²) in [6, 6.07) is 11.8. The Morgan fingerprint density at radius 3 is 2.42 bits per heavy atom. The fourth-order valence-corrected chi connectivity index (χ4v) is 2.00. The number of hydrogen-bond acceptors (Lipinski definition) is 4. The van der Waals surface area contributed by atoms with Gasteiger partial charge in [0.15, 0.2) is 6.23 Å². The minimum absolute atomic E-state index is 0.120. The second-order valence-corrected chi connectivity index (χ2v) is 4.39. The molecule has 0 aliphatic rings. The molecule has 0 unspecified atom stereocenters. The molecule has 2 heterocycles. The molecule has 2 aromatic heterocycles. The van der Waals surface area contributed by atoms with E-state index in [4.69, 9.17) is 4.74 Å². The van der Waals surface area contributed by atoms with Crippen LogP contribution >= 0.6 is 0 Å². The lowest BCUT2D eigenvalue weighted by Gasteiger charge is -2.26. The molecule has 100 valence electrons.